The standard InChI is InChI=1S/C6H14O2Si.Na.H/c1-9(2,3)5-4-6(7)8;;/h4-5H2,1-3H3,(H,7,8);;/i4D2,5D2;;. The summed E-state index contributed by atoms with van der Waals surface area (Å²) in [4.78, 5) is 10.5. The zero-order valence-electron chi connectivity index (χ0n) is 9.86. The van der Waals surface area contributed by atoms with Crippen LogP contribution in [0.5, 0.6) is 0 Å². The average Bonchev–Trinajstić information content (AvgIpc) is 1.84. The first-order valence-corrected chi connectivity index (χ1v) is 6.18. The van der Waals surface area contributed by atoms with Gasteiger partial charge in [-0.3, -0.25) is 4.79 Å². The molecule has 4 heteroatoms. The first-order valence-electron chi connectivity index (χ1n) is 4.68. The molecular formula is C6H15NaO2Si. The third kappa shape index (κ3) is 11.5. The molecule has 0 fully saturated rings. The number of aliphatic carboxylic acids is 1. The van der Waals surface area contributed by atoms with E-state index >= 15 is 0 Å². The van der Waals surface area contributed by atoms with E-state index in [4.69, 9.17) is 10.6 Å². The van der Waals surface area contributed by atoms with E-state index in [-0.39, 0.29) is 29.6 Å². The van der Waals surface area contributed by atoms with Gasteiger partial charge in [0.25, 0.3) is 0 Å². The molecule has 1 N–H and O–H groups in total. The van der Waals surface area contributed by atoms with Crippen LogP contribution in [0.15, 0.2) is 0 Å². The maximum atomic E-state index is 10.5. The Labute approximate surface area is 90.9 Å². The molecule has 56 valence electrons. The first kappa shape index (κ1) is 6.23. The van der Waals surface area contributed by atoms with Crippen molar-refractivity contribution in [1.29, 1.82) is 0 Å². The molecule has 0 aliphatic carbocycles. The molecule has 10 heavy (non-hydrogen) atoms. The minimum atomic E-state index is -2.81. The van der Waals surface area contributed by atoms with Crippen molar-refractivity contribution in [1.82, 2.24) is 0 Å². The van der Waals surface area contributed by atoms with Gasteiger partial charge in [0.15, 0.2) is 0 Å². The van der Waals surface area contributed by atoms with E-state index in [2.05, 4.69) is 0 Å². The summed E-state index contributed by atoms with van der Waals surface area (Å²) in [5.41, 5.74) is 0. The van der Waals surface area contributed by atoms with Gasteiger partial charge in [-0.1, -0.05) is 19.6 Å². The summed E-state index contributed by atoms with van der Waals surface area (Å²) in [5, 5.41) is 8.55. The Balaban J connectivity index is 0. The fourth-order valence-corrected chi connectivity index (χ4v) is 0.723. The third-order valence-electron chi connectivity index (χ3n) is 0.544. The Morgan fingerprint density at radius 3 is 2.10 bits per heavy atom. The Bertz CT molecular complexity index is 226. The molecule has 0 aromatic rings. The van der Waals surface area contributed by atoms with Crippen LogP contribution in [0.3, 0.4) is 0 Å². The van der Waals surface area contributed by atoms with Crippen molar-refractivity contribution in [2.75, 3.05) is 0 Å². The topological polar surface area (TPSA) is 37.3 Å². The summed E-state index contributed by atoms with van der Waals surface area (Å²) in [6, 6.07) is 0. The molecule has 0 aromatic carbocycles. The predicted octanol–water partition coefficient (Wildman–Crippen LogP) is 1.15. The van der Waals surface area contributed by atoms with Gasteiger partial charge in [-0.05, 0) is 6.00 Å². The fraction of sp³-hybridized carbons (Fsp3) is 0.833. The molecule has 0 rings (SSSR count). The summed E-state index contributed by atoms with van der Waals surface area (Å²) in [6.07, 6.45) is -2.81. The monoisotopic (exact) mass is 174 g/mol. The number of hydrogen-bond donors (Lipinski definition) is 1. The van der Waals surface area contributed by atoms with Gasteiger partial charge in [0, 0.05) is 19.9 Å². The molecule has 0 atom stereocenters. The van der Waals surface area contributed by atoms with E-state index in [1.807, 2.05) is 0 Å². The maximum absolute atomic E-state index is 10.5. The van der Waals surface area contributed by atoms with Crippen LogP contribution < -0.4 is 0 Å². The van der Waals surface area contributed by atoms with Crippen LogP contribution in [0.1, 0.15) is 11.9 Å². The average molecular weight is 174 g/mol. The fourth-order valence-electron chi connectivity index (χ4n) is 0.241. The van der Waals surface area contributed by atoms with Crippen LogP contribution in [0, 0.1) is 0 Å². The van der Waals surface area contributed by atoms with Crippen molar-refractivity contribution >= 4 is 43.6 Å². The van der Waals surface area contributed by atoms with Crippen molar-refractivity contribution in [3.63, 3.8) is 0 Å². The number of carboxylic acid groups (broad SMARTS) is 1. The Morgan fingerprint density at radius 2 is 2.00 bits per heavy atom. The van der Waals surface area contributed by atoms with Crippen LogP contribution in [0.25, 0.3) is 0 Å². The van der Waals surface area contributed by atoms with Crippen molar-refractivity contribution < 1.29 is 15.4 Å². The van der Waals surface area contributed by atoms with E-state index in [0.29, 0.717) is 0 Å². The molecular weight excluding hydrogens is 155 g/mol. The Morgan fingerprint density at radius 1 is 1.60 bits per heavy atom. The summed E-state index contributed by atoms with van der Waals surface area (Å²) in [5.74, 6) is -4.01. The first-order chi connectivity index (χ1) is 5.44. The Kier molecular flexibility index (Phi) is 3.33. The zero-order valence-corrected chi connectivity index (χ0v) is 6.86. The summed E-state index contributed by atoms with van der Waals surface area (Å²) >= 11 is 0. The van der Waals surface area contributed by atoms with Crippen LogP contribution in [0.4, 0.5) is 0 Å². The Hall–Kier alpha value is 0.687. The summed E-state index contributed by atoms with van der Waals surface area (Å²) in [7, 11) is -2.51. The molecule has 0 aliphatic heterocycles. The molecule has 0 radical (unpaired) electrons. The van der Waals surface area contributed by atoms with Gasteiger partial charge in [0.2, 0.25) is 0 Å². The van der Waals surface area contributed by atoms with Gasteiger partial charge in [-0.15, -0.1) is 0 Å². The van der Waals surface area contributed by atoms with E-state index in [0.717, 1.165) is 0 Å². The van der Waals surface area contributed by atoms with E-state index < -0.39 is 26.4 Å². The van der Waals surface area contributed by atoms with Crippen molar-refractivity contribution in [2.45, 2.75) is 32.0 Å². The van der Waals surface area contributed by atoms with Crippen molar-refractivity contribution in [3.8, 4) is 0 Å². The van der Waals surface area contributed by atoms with Crippen molar-refractivity contribution in [3.05, 3.63) is 0 Å². The number of carboxylic acids is 1. The minimum absolute atomic E-state index is 0. The molecule has 0 saturated heterocycles. The molecule has 0 aromatic heterocycles. The van der Waals surface area contributed by atoms with Crippen molar-refractivity contribution in [2.24, 2.45) is 0 Å². The second-order valence-corrected chi connectivity index (χ2v) is 7.56. The van der Waals surface area contributed by atoms with Crippen LogP contribution in [-0.4, -0.2) is 48.7 Å². The molecule has 0 spiro atoms. The second-order valence-electron chi connectivity index (χ2n) is 2.81. The van der Waals surface area contributed by atoms with Crippen LogP contribution in [-0.2, 0) is 4.79 Å². The van der Waals surface area contributed by atoms with Gasteiger partial charge in [0.05, 0.1) is 0 Å². The molecule has 2 nitrogen and oxygen atoms in total. The van der Waals surface area contributed by atoms with Gasteiger partial charge < -0.3 is 5.11 Å². The SMILES string of the molecule is [2H]C([2H])(C(=O)O)C([2H])([2H])[Si](C)(C)C.[NaH]. The number of carbonyl (C=O) groups is 1. The molecule has 0 bridgehead atoms. The zero-order chi connectivity index (χ0) is 11.1. The molecule has 0 aliphatic rings. The molecule has 0 saturated carbocycles. The van der Waals surface area contributed by atoms with Crippen LogP contribution in [0.2, 0.25) is 25.6 Å². The van der Waals surface area contributed by atoms with Crippen LogP contribution >= 0.6 is 0 Å². The molecule has 0 amide bonds. The quantitative estimate of drug-likeness (QED) is 0.652. The number of rotatable bonds is 3. The predicted molar refractivity (Wildman–Crippen MR) is 47.6 cm³/mol. The third-order valence-corrected chi connectivity index (χ3v) is 1.42. The second kappa shape index (κ2) is 5.35. The normalized spacial score (nSPS) is 19.1. The van der Waals surface area contributed by atoms with Gasteiger partial charge >= 0.3 is 35.5 Å². The van der Waals surface area contributed by atoms with Gasteiger partial charge in [-0.25, -0.2) is 0 Å². The summed E-state index contributed by atoms with van der Waals surface area (Å²) < 4.78 is 29.3. The molecule has 0 heterocycles. The van der Waals surface area contributed by atoms with Gasteiger partial charge in [0.1, 0.15) is 0 Å². The number of hydrogen-bond acceptors (Lipinski definition) is 1. The molecule has 0 unspecified atom stereocenters. The van der Waals surface area contributed by atoms with E-state index in [1.165, 1.54) is 0 Å². The van der Waals surface area contributed by atoms with Gasteiger partial charge in [-0.2, -0.15) is 0 Å². The van der Waals surface area contributed by atoms with E-state index in [9.17, 15) is 4.79 Å². The summed E-state index contributed by atoms with van der Waals surface area (Å²) in [6.45, 7) is 4.81. The van der Waals surface area contributed by atoms with E-state index in [1.54, 1.807) is 19.6 Å².